The van der Waals surface area contributed by atoms with E-state index in [1.165, 1.54) is 0 Å². The maximum absolute atomic E-state index is 12.4. The van der Waals surface area contributed by atoms with Crippen LogP contribution >= 0.6 is 0 Å². The summed E-state index contributed by atoms with van der Waals surface area (Å²) in [4.78, 5) is 23.6. The highest BCUT2D eigenvalue weighted by Gasteiger charge is 2.09. The Morgan fingerprint density at radius 3 is 2.32 bits per heavy atom. The van der Waals surface area contributed by atoms with Gasteiger partial charge in [0.15, 0.2) is 5.78 Å². The molecule has 0 aromatic heterocycles. The normalized spacial score (nSPS) is 10.5. The fraction of sp³-hybridized carbons (Fsp3) is 0.0526. The number of fused-ring (bicyclic) bond motifs is 1. The highest BCUT2D eigenvalue weighted by atomic mass is 16.1. The molecule has 3 aromatic rings. The van der Waals surface area contributed by atoms with E-state index in [2.05, 4.69) is 0 Å². The van der Waals surface area contributed by atoms with Gasteiger partial charge in [-0.1, -0.05) is 48.5 Å². The van der Waals surface area contributed by atoms with Gasteiger partial charge in [-0.2, -0.15) is 0 Å². The van der Waals surface area contributed by atoms with Crippen molar-refractivity contribution in [2.45, 2.75) is 6.42 Å². The van der Waals surface area contributed by atoms with Gasteiger partial charge < -0.3 is 5.73 Å². The molecule has 2 N–H and O–H groups in total. The van der Waals surface area contributed by atoms with Crippen LogP contribution in [0.3, 0.4) is 0 Å². The van der Waals surface area contributed by atoms with Gasteiger partial charge in [0.1, 0.15) is 0 Å². The molecule has 0 saturated heterocycles. The van der Waals surface area contributed by atoms with Gasteiger partial charge in [-0.25, -0.2) is 0 Å². The van der Waals surface area contributed by atoms with Gasteiger partial charge in [-0.05, 0) is 34.5 Å². The van der Waals surface area contributed by atoms with E-state index in [1.54, 1.807) is 18.2 Å². The highest BCUT2D eigenvalue weighted by molar-refractivity contribution is 6.01. The lowest BCUT2D eigenvalue weighted by Crippen LogP contribution is -2.11. The predicted molar refractivity (Wildman–Crippen MR) is 86.9 cm³/mol. The zero-order chi connectivity index (χ0) is 15.5. The Balaban J connectivity index is 1.86. The Morgan fingerprint density at radius 2 is 1.55 bits per heavy atom. The summed E-state index contributed by atoms with van der Waals surface area (Å²) in [5.41, 5.74) is 7.14. The third-order valence-electron chi connectivity index (χ3n) is 3.65. The number of nitrogens with two attached hydrogens (primary N) is 1. The van der Waals surface area contributed by atoms with E-state index in [1.807, 2.05) is 48.5 Å². The van der Waals surface area contributed by atoms with E-state index >= 15 is 0 Å². The Morgan fingerprint density at radius 1 is 0.773 bits per heavy atom. The first-order valence-corrected chi connectivity index (χ1v) is 7.04. The molecule has 1 amide bonds. The summed E-state index contributed by atoms with van der Waals surface area (Å²) in [6.07, 6.45) is 0.249. The molecular formula is C19H15NO2. The Hall–Kier alpha value is -2.94. The fourth-order valence-corrected chi connectivity index (χ4v) is 2.48. The standard InChI is InChI=1S/C19H15NO2/c20-19(22)17-7-3-4-13(10-17)11-18(21)16-9-8-14-5-1-2-6-15(14)12-16/h1-10,12H,11H2,(H2,20,22). The molecule has 0 aliphatic rings. The molecule has 3 rings (SSSR count). The first-order chi connectivity index (χ1) is 10.6. The lowest BCUT2D eigenvalue weighted by Gasteiger charge is -2.05. The van der Waals surface area contributed by atoms with Crippen molar-refractivity contribution >= 4 is 22.5 Å². The van der Waals surface area contributed by atoms with Gasteiger partial charge in [-0.15, -0.1) is 0 Å². The highest BCUT2D eigenvalue weighted by Crippen LogP contribution is 2.17. The van der Waals surface area contributed by atoms with E-state index in [0.717, 1.165) is 16.3 Å². The van der Waals surface area contributed by atoms with E-state index in [-0.39, 0.29) is 12.2 Å². The molecule has 0 fully saturated rings. The summed E-state index contributed by atoms with van der Waals surface area (Å²) >= 11 is 0. The second-order valence-corrected chi connectivity index (χ2v) is 5.23. The molecule has 0 saturated carbocycles. The van der Waals surface area contributed by atoms with Crippen molar-refractivity contribution < 1.29 is 9.59 Å². The molecule has 0 unspecified atom stereocenters. The molecule has 3 nitrogen and oxygen atoms in total. The minimum Gasteiger partial charge on any atom is -0.366 e. The maximum atomic E-state index is 12.4. The van der Waals surface area contributed by atoms with Crippen molar-refractivity contribution in [2.75, 3.05) is 0 Å². The van der Waals surface area contributed by atoms with Crippen LogP contribution in [0.1, 0.15) is 26.3 Å². The quantitative estimate of drug-likeness (QED) is 0.749. The van der Waals surface area contributed by atoms with Crippen LogP contribution in [0.2, 0.25) is 0 Å². The predicted octanol–water partition coefficient (Wildman–Crippen LogP) is 3.36. The Labute approximate surface area is 128 Å². The zero-order valence-corrected chi connectivity index (χ0v) is 12.0. The molecular weight excluding hydrogens is 274 g/mol. The zero-order valence-electron chi connectivity index (χ0n) is 12.0. The van der Waals surface area contributed by atoms with E-state index in [4.69, 9.17) is 5.73 Å². The Kier molecular flexibility index (Phi) is 3.71. The number of primary amides is 1. The van der Waals surface area contributed by atoms with Crippen LogP contribution < -0.4 is 5.73 Å². The van der Waals surface area contributed by atoms with Crippen molar-refractivity contribution in [3.05, 3.63) is 83.4 Å². The summed E-state index contributed by atoms with van der Waals surface area (Å²) in [6.45, 7) is 0. The molecule has 0 radical (unpaired) electrons. The van der Waals surface area contributed by atoms with Gasteiger partial charge >= 0.3 is 0 Å². The molecule has 0 bridgehead atoms. The second-order valence-electron chi connectivity index (χ2n) is 5.23. The summed E-state index contributed by atoms with van der Waals surface area (Å²) in [7, 11) is 0. The van der Waals surface area contributed by atoms with Gasteiger partial charge in [0, 0.05) is 17.5 Å². The van der Waals surface area contributed by atoms with Crippen LogP contribution in [0.15, 0.2) is 66.7 Å². The average molecular weight is 289 g/mol. The minimum atomic E-state index is -0.486. The van der Waals surface area contributed by atoms with Gasteiger partial charge in [0.2, 0.25) is 5.91 Å². The number of amides is 1. The van der Waals surface area contributed by atoms with Crippen molar-refractivity contribution in [1.82, 2.24) is 0 Å². The lowest BCUT2D eigenvalue weighted by molar-refractivity contribution is 0.0984. The third-order valence-corrected chi connectivity index (χ3v) is 3.65. The number of carbonyl (C=O) groups excluding carboxylic acids is 2. The SMILES string of the molecule is NC(=O)c1cccc(CC(=O)c2ccc3ccccc3c2)c1. The number of ketones is 1. The van der Waals surface area contributed by atoms with Crippen LogP contribution in [0, 0.1) is 0 Å². The smallest absolute Gasteiger partial charge is 0.248 e. The molecule has 3 heteroatoms. The first-order valence-electron chi connectivity index (χ1n) is 7.04. The summed E-state index contributed by atoms with van der Waals surface area (Å²) in [5, 5.41) is 2.15. The average Bonchev–Trinajstić information content (AvgIpc) is 2.54. The molecule has 22 heavy (non-hydrogen) atoms. The van der Waals surface area contributed by atoms with Crippen molar-refractivity contribution in [3.63, 3.8) is 0 Å². The van der Waals surface area contributed by atoms with Crippen LogP contribution in [0.25, 0.3) is 10.8 Å². The molecule has 0 aliphatic carbocycles. The van der Waals surface area contributed by atoms with Gasteiger partial charge in [0.05, 0.1) is 0 Å². The molecule has 3 aromatic carbocycles. The molecule has 0 aliphatic heterocycles. The monoisotopic (exact) mass is 289 g/mol. The maximum Gasteiger partial charge on any atom is 0.248 e. The van der Waals surface area contributed by atoms with Crippen LogP contribution in [-0.4, -0.2) is 11.7 Å². The first kappa shape index (κ1) is 14.0. The fourth-order valence-electron chi connectivity index (χ4n) is 2.48. The third kappa shape index (κ3) is 2.88. The summed E-state index contributed by atoms with van der Waals surface area (Å²) < 4.78 is 0. The number of hydrogen-bond acceptors (Lipinski definition) is 2. The number of benzene rings is 3. The van der Waals surface area contributed by atoms with E-state index in [9.17, 15) is 9.59 Å². The van der Waals surface area contributed by atoms with E-state index in [0.29, 0.717) is 11.1 Å². The van der Waals surface area contributed by atoms with Crippen molar-refractivity contribution in [1.29, 1.82) is 0 Å². The topological polar surface area (TPSA) is 60.2 Å². The Bertz CT molecular complexity index is 868. The number of hydrogen-bond donors (Lipinski definition) is 1. The van der Waals surface area contributed by atoms with E-state index < -0.39 is 5.91 Å². The van der Waals surface area contributed by atoms with Gasteiger partial charge in [-0.3, -0.25) is 9.59 Å². The number of rotatable bonds is 4. The number of carbonyl (C=O) groups is 2. The van der Waals surface area contributed by atoms with Crippen LogP contribution in [-0.2, 0) is 6.42 Å². The summed E-state index contributed by atoms with van der Waals surface area (Å²) in [6, 6.07) is 20.5. The summed E-state index contributed by atoms with van der Waals surface area (Å²) in [5.74, 6) is -0.465. The lowest BCUT2D eigenvalue weighted by atomic mass is 9.99. The molecule has 0 spiro atoms. The van der Waals surface area contributed by atoms with Crippen LogP contribution in [0.5, 0.6) is 0 Å². The van der Waals surface area contributed by atoms with Crippen molar-refractivity contribution in [2.24, 2.45) is 5.73 Å². The molecule has 0 atom stereocenters. The van der Waals surface area contributed by atoms with Crippen LogP contribution in [0.4, 0.5) is 0 Å². The van der Waals surface area contributed by atoms with Gasteiger partial charge in [0.25, 0.3) is 0 Å². The molecule has 0 heterocycles. The largest absolute Gasteiger partial charge is 0.366 e. The second kappa shape index (κ2) is 5.82. The minimum absolute atomic E-state index is 0.0207. The molecule has 108 valence electrons. The number of Topliss-reactive ketones (excluding diaryl/α,β-unsaturated/α-hetero) is 1. The van der Waals surface area contributed by atoms with Crippen molar-refractivity contribution in [3.8, 4) is 0 Å².